The zero-order valence-corrected chi connectivity index (χ0v) is 17.4. The average Bonchev–Trinajstić information content (AvgIpc) is 3.39. The summed E-state index contributed by atoms with van der Waals surface area (Å²) < 4.78 is 1.74. The molecule has 5 rings (SSSR count). The van der Waals surface area contributed by atoms with Crippen LogP contribution in [0.5, 0.6) is 0 Å². The van der Waals surface area contributed by atoms with Gasteiger partial charge < -0.3 is 20.1 Å². The number of nitrogens with one attached hydrogen (secondary N) is 1. The normalized spacial score (nSPS) is 11.3. The van der Waals surface area contributed by atoms with Crippen molar-refractivity contribution in [2.75, 3.05) is 18.6 Å². The van der Waals surface area contributed by atoms with E-state index in [9.17, 15) is 15.0 Å². The number of aromatic amines is 1. The fourth-order valence-corrected chi connectivity index (χ4v) is 4.00. The number of para-hydroxylation sites is 1. The van der Waals surface area contributed by atoms with Crippen molar-refractivity contribution in [3.63, 3.8) is 0 Å². The van der Waals surface area contributed by atoms with Crippen LogP contribution in [0.2, 0.25) is 0 Å². The lowest BCUT2D eigenvalue weighted by Gasteiger charge is -2.19. The van der Waals surface area contributed by atoms with Gasteiger partial charge in [0.15, 0.2) is 0 Å². The minimum Gasteiger partial charge on any atom is -0.478 e. The highest BCUT2D eigenvalue weighted by molar-refractivity contribution is 6.03. The molecule has 0 spiro atoms. The van der Waals surface area contributed by atoms with Crippen LogP contribution in [-0.4, -0.2) is 49.6 Å². The smallest absolute Gasteiger partial charge is 0.337 e. The summed E-state index contributed by atoms with van der Waals surface area (Å²) in [5.41, 5.74) is 5.47. The molecule has 0 saturated heterocycles. The van der Waals surface area contributed by atoms with E-state index in [4.69, 9.17) is 5.10 Å². The molecule has 8 heteroatoms. The third-order valence-electron chi connectivity index (χ3n) is 5.57. The molecule has 0 fully saturated rings. The van der Waals surface area contributed by atoms with Crippen LogP contribution < -0.4 is 4.90 Å². The molecule has 3 N–H and O–H groups in total. The topological polar surface area (TPSA) is 107 Å². The Morgan fingerprint density at radius 3 is 2.62 bits per heavy atom. The van der Waals surface area contributed by atoms with Crippen LogP contribution in [-0.2, 0) is 6.54 Å². The Labute approximate surface area is 183 Å². The first-order valence-electron chi connectivity index (χ1n) is 10.2. The predicted molar refractivity (Wildman–Crippen MR) is 123 cm³/mol. The standard InChI is InChI=1S/C24H21N5O3/c1-28(15-5-3-2-4-6-15)16-7-8-17-19(13-16)27-29(11-12-30)23(17)21-14-20-22(26-21)18(24(31)32)9-10-25-20/h2-10,13-14,26,30H,11-12H2,1H3,(H,31,32). The number of fused-ring (bicyclic) bond motifs is 2. The zero-order chi connectivity index (χ0) is 22.2. The first-order chi connectivity index (χ1) is 15.6. The molecule has 0 radical (unpaired) electrons. The lowest BCUT2D eigenvalue weighted by atomic mass is 10.1. The van der Waals surface area contributed by atoms with Crippen LogP contribution in [0, 0.1) is 0 Å². The van der Waals surface area contributed by atoms with E-state index in [0.717, 1.165) is 28.0 Å². The monoisotopic (exact) mass is 427 g/mol. The van der Waals surface area contributed by atoms with Crippen molar-refractivity contribution in [2.45, 2.75) is 6.54 Å². The molecule has 0 aliphatic rings. The van der Waals surface area contributed by atoms with Gasteiger partial charge in [0, 0.05) is 30.0 Å². The molecule has 5 aromatic rings. The number of aromatic nitrogens is 4. The van der Waals surface area contributed by atoms with Crippen LogP contribution in [0.1, 0.15) is 10.4 Å². The van der Waals surface area contributed by atoms with Gasteiger partial charge in [-0.15, -0.1) is 0 Å². The number of rotatable bonds is 6. The number of aliphatic hydroxyl groups is 1. The van der Waals surface area contributed by atoms with Crippen LogP contribution >= 0.6 is 0 Å². The number of H-pyrrole nitrogens is 1. The van der Waals surface area contributed by atoms with Crippen LogP contribution in [0.15, 0.2) is 66.9 Å². The maximum absolute atomic E-state index is 11.6. The first kappa shape index (κ1) is 19.8. The molecule has 0 atom stereocenters. The Morgan fingerprint density at radius 1 is 1.06 bits per heavy atom. The molecule has 0 unspecified atom stereocenters. The molecule has 0 aliphatic carbocycles. The minimum atomic E-state index is -1.02. The first-order valence-corrected chi connectivity index (χ1v) is 10.2. The van der Waals surface area contributed by atoms with E-state index in [1.54, 1.807) is 4.68 Å². The lowest BCUT2D eigenvalue weighted by Crippen LogP contribution is -2.08. The fourth-order valence-electron chi connectivity index (χ4n) is 4.00. The van der Waals surface area contributed by atoms with Crippen molar-refractivity contribution in [1.82, 2.24) is 19.7 Å². The zero-order valence-electron chi connectivity index (χ0n) is 17.4. The van der Waals surface area contributed by atoms with E-state index in [1.807, 2.05) is 61.6 Å². The second kappa shape index (κ2) is 7.82. The van der Waals surface area contributed by atoms with E-state index in [0.29, 0.717) is 23.3 Å². The summed E-state index contributed by atoms with van der Waals surface area (Å²) >= 11 is 0. The third kappa shape index (κ3) is 3.27. The second-order valence-corrected chi connectivity index (χ2v) is 7.50. The van der Waals surface area contributed by atoms with Gasteiger partial charge in [-0.1, -0.05) is 18.2 Å². The van der Waals surface area contributed by atoms with Crippen molar-refractivity contribution in [3.8, 4) is 11.4 Å². The van der Waals surface area contributed by atoms with Gasteiger partial charge in [-0.2, -0.15) is 5.10 Å². The molecule has 0 aliphatic heterocycles. The van der Waals surface area contributed by atoms with Gasteiger partial charge in [0.25, 0.3) is 0 Å². The third-order valence-corrected chi connectivity index (χ3v) is 5.57. The number of hydrogen-bond donors (Lipinski definition) is 3. The Kier molecular flexibility index (Phi) is 4.84. The molecule has 0 saturated carbocycles. The Morgan fingerprint density at radius 2 is 1.88 bits per heavy atom. The molecular weight excluding hydrogens is 406 g/mol. The van der Waals surface area contributed by atoms with Crippen molar-refractivity contribution in [1.29, 1.82) is 0 Å². The fraction of sp³-hybridized carbons (Fsp3) is 0.125. The van der Waals surface area contributed by atoms with Crippen molar-refractivity contribution in [3.05, 3.63) is 72.4 Å². The van der Waals surface area contributed by atoms with Crippen LogP contribution in [0.25, 0.3) is 33.3 Å². The quantitative estimate of drug-likeness (QED) is 0.378. The number of nitrogens with zero attached hydrogens (tertiary/aromatic N) is 4. The van der Waals surface area contributed by atoms with Crippen molar-refractivity contribution >= 4 is 39.3 Å². The molecular formula is C24H21N5O3. The molecule has 3 heterocycles. The molecule has 0 bridgehead atoms. The molecule has 0 amide bonds. The lowest BCUT2D eigenvalue weighted by molar-refractivity contribution is 0.0698. The Bertz CT molecular complexity index is 1440. The maximum atomic E-state index is 11.6. The number of carboxylic acid groups (broad SMARTS) is 1. The van der Waals surface area contributed by atoms with Gasteiger partial charge in [0.05, 0.1) is 46.7 Å². The second-order valence-electron chi connectivity index (χ2n) is 7.50. The van der Waals surface area contributed by atoms with E-state index in [2.05, 4.69) is 14.9 Å². The summed E-state index contributed by atoms with van der Waals surface area (Å²) in [5, 5.41) is 24.7. The molecule has 32 heavy (non-hydrogen) atoms. The number of aliphatic hydroxyl groups excluding tert-OH is 1. The summed E-state index contributed by atoms with van der Waals surface area (Å²) in [5.74, 6) is -1.02. The Hall–Kier alpha value is -4.17. The SMILES string of the molecule is CN(c1ccccc1)c1ccc2c(-c3cc4nccc(C(=O)O)c4[nH]3)n(CCO)nc2c1. The number of hydrogen-bond acceptors (Lipinski definition) is 5. The van der Waals surface area contributed by atoms with Crippen molar-refractivity contribution < 1.29 is 15.0 Å². The highest BCUT2D eigenvalue weighted by Gasteiger charge is 2.19. The number of benzene rings is 2. The number of carbonyl (C=O) groups is 1. The van der Waals surface area contributed by atoms with Gasteiger partial charge in [-0.3, -0.25) is 9.67 Å². The van der Waals surface area contributed by atoms with Gasteiger partial charge in [-0.25, -0.2) is 4.79 Å². The van der Waals surface area contributed by atoms with Gasteiger partial charge >= 0.3 is 5.97 Å². The van der Waals surface area contributed by atoms with E-state index >= 15 is 0 Å². The highest BCUT2D eigenvalue weighted by Crippen LogP contribution is 2.34. The number of pyridine rings is 1. The largest absolute Gasteiger partial charge is 0.478 e. The molecule has 3 aromatic heterocycles. The molecule has 8 nitrogen and oxygen atoms in total. The average molecular weight is 427 g/mol. The Balaban J connectivity index is 1.66. The maximum Gasteiger partial charge on any atom is 0.337 e. The summed E-state index contributed by atoms with van der Waals surface area (Å²) in [7, 11) is 2.00. The summed E-state index contributed by atoms with van der Waals surface area (Å²) in [4.78, 5) is 21.2. The number of aromatic carboxylic acids is 1. The highest BCUT2D eigenvalue weighted by atomic mass is 16.4. The predicted octanol–water partition coefficient (Wildman–Crippen LogP) is 4.04. The summed E-state index contributed by atoms with van der Waals surface area (Å²) in [6, 6.07) is 19.4. The number of carboxylic acids is 1. The number of anilines is 2. The van der Waals surface area contributed by atoms with Crippen molar-refractivity contribution in [2.24, 2.45) is 0 Å². The van der Waals surface area contributed by atoms with E-state index in [1.165, 1.54) is 12.3 Å². The van der Waals surface area contributed by atoms with Crippen LogP contribution in [0.3, 0.4) is 0 Å². The van der Waals surface area contributed by atoms with Gasteiger partial charge in [0.1, 0.15) is 0 Å². The summed E-state index contributed by atoms with van der Waals surface area (Å²) in [6.45, 7) is 0.235. The molecule has 2 aromatic carbocycles. The molecule has 160 valence electrons. The van der Waals surface area contributed by atoms with Crippen LogP contribution in [0.4, 0.5) is 11.4 Å². The van der Waals surface area contributed by atoms with Gasteiger partial charge in [0.2, 0.25) is 0 Å². The summed E-state index contributed by atoms with van der Waals surface area (Å²) in [6.07, 6.45) is 1.48. The van der Waals surface area contributed by atoms with E-state index in [-0.39, 0.29) is 12.2 Å². The van der Waals surface area contributed by atoms with E-state index < -0.39 is 5.97 Å². The van der Waals surface area contributed by atoms with Gasteiger partial charge in [-0.05, 0) is 42.5 Å². The minimum absolute atomic E-state index is 0.0728.